The molecule has 114 valence electrons. The Kier molecular flexibility index (Phi) is 6.54. The lowest BCUT2D eigenvalue weighted by atomic mass is 10.2. The lowest BCUT2D eigenvalue weighted by molar-refractivity contribution is 0.295. The van der Waals surface area contributed by atoms with Crippen LogP contribution >= 0.6 is 27.3 Å². The molecule has 0 aliphatic rings. The first kappa shape index (κ1) is 16.3. The number of thiophene rings is 1. The summed E-state index contributed by atoms with van der Waals surface area (Å²) in [5.74, 6) is 1.54. The van der Waals surface area contributed by atoms with Gasteiger partial charge >= 0.3 is 0 Å². The Morgan fingerprint density at radius 2 is 2.14 bits per heavy atom. The van der Waals surface area contributed by atoms with Crippen LogP contribution in [0, 0.1) is 0 Å². The van der Waals surface area contributed by atoms with Crippen molar-refractivity contribution in [2.75, 3.05) is 20.3 Å². The Morgan fingerprint density at radius 1 is 1.29 bits per heavy atom. The predicted octanol–water partition coefficient (Wildman–Crippen LogP) is 4.25. The average Bonchev–Trinajstić information content (AvgIpc) is 3.00. The van der Waals surface area contributed by atoms with Crippen molar-refractivity contribution >= 4 is 27.3 Å². The van der Waals surface area contributed by atoms with Crippen LogP contribution in [0.1, 0.15) is 18.1 Å². The maximum Gasteiger partial charge on any atom is 0.175 e. The van der Waals surface area contributed by atoms with Crippen LogP contribution in [0.15, 0.2) is 33.4 Å². The molecule has 1 aromatic heterocycles. The molecule has 1 aromatic carbocycles. The maximum absolute atomic E-state index is 5.90. The first-order valence-corrected chi connectivity index (χ1v) is 8.69. The number of methoxy groups -OCH3 is 1. The van der Waals surface area contributed by atoms with E-state index in [0.717, 1.165) is 35.5 Å². The summed E-state index contributed by atoms with van der Waals surface area (Å²) in [4.78, 5) is 0. The fourth-order valence-electron chi connectivity index (χ4n) is 1.99. The van der Waals surface area contributed by atoms with Gasteiger partial charge < -0.3 is 14.8 Å². The molecule has 0 bridgehead atoms. The van der Waals surface area contributed by atoms with E-state index in [1.165, 1.54) is 11.1 Å². The van der Waals surface area contributed by atoms with Crippen molar-refractivity contribution in [3.05, 3.63) is 44.6 Å². The van der Waals surface area contributed by atoms with Crippen LogP contribution in [-0.2, 0) is 13.0 Å². The summed E-state index contributed by atoms with van der Waals surface area (Å²) in [5, 5.41) is 7.54. The fourth-order valence-corrected chi connectivity index (χ4v) is 3.30. The normalized spacial score (nSPS) is 10.6. The Bertz CT molecular complexity index is 558. The van der Waals surface area contributed by atoms with E-state index in [-0.39, 0.29) is 0 Å². The van der Waals surface area contributed by atoms with Crippen LogP contribution in [0.4, 0.5) is 0 Å². The van der Waals surface area contributed by atoms with Gasteiger partial charge in [0.1, 0.15) is 0 Å². The zero-order valence-electron chi connectivity index (χ0n) is 12.3. The fraction of sp³-hybridized carbons (Fsp3) is 0.375. The van der Waals surface area contributed by atoms with Crippen LogP contribution in [0.2, 0.25) is 0 Å². The summed E-state index contributed by atoms with van der Waals surface area (Å²) in [6.07, 6.45) is 0.901. The molecule has 3 nitrogen and oxygen atoms in total. The zero-order valence-corrected chi connectivity index (χ0v) is 14.7. The molecule has 0 amide bonds. The summed E-state index contributed by atoms with van der Waals surface area (Å²) >= 11 is 5.29. The molecular formula is C16H20BrNO2S. The van der Waals surface area contributed by atoms with E-state index in [1.807, 2.05) is 6.07 Å². The first-order chi connectivity index (χ1) is 10.2. The molecule has 0 spiro atoms. The van der Waals surface area contributed by atoms with Gasteiger partial charge in [-0.25, -0.2) is 0 Å². The molecule has 1 heterocycles. The Balaban J connectivity index is 2.03. The summed E-state index contributed by atoms with van der Waals surface area (Å²) < 4.78 is 12.3. The van der Waals surface area contributed by atoms with E-state index in [0.29, 0.717) is 6.61 Å². The highest BCUT2D eigenvalue weighted by Gasteiger charge is 2.11. The van der Waals surface area contributed by atoms with E-state index in [2.05, 4.69) is 51.1 Å². The van der Waals surface area contributed by atoms with Gasteiger partial charge in [0.25, 0.3) is 0 Å². The molecule has 21 heavy (non-hydrogen) atoms. The van der Waals surface area contributed by atoms with Crippen molar-refractivity contribution in [3.8, 4) is 11.5 Å². The third-order valence-electron chi connectivity index (χ3n) is 3.09. The van der Waals surface area contributed by atoms with E-state index in [4.69, 9.17) is 9.47 Å². The SMILES string of the molecule is CCNCc1cc(Br)c(OCCc2ccsc2)c(OC)c1. The number of benzene rings is 1. The highest BCUT2D eigenvalue weighted by molar-refractivity contribution is 9.10. The van der Waals surface area contributed by atoms with Crippen LogP contribution in [-0.4, -0.2) is 20.3 Å². The molecular weight excluding hydrogens is 350 g/mol. The molecule has 0 radical (unpaired) electrons. The summed E-state index contributed by atoms with van der Waals surface area (Å²) in [6, 6.07) is 6.22. The number of rotatable bonds is 8. The molecule has 2 rings (SSSR count). The van der Waals surface area contributed by atoms with Gasteiger partial charge in [-0.3, -0.25) is 0 Å². The van der Waals surface area contributed by atoms with Crippen molar-refractivity contribution in [1.29, 1.82) is 0 Å². The molecule has 0 aliphatic carbocycles. The minimum absolute atomic E-state index is 0.637. The van der Waals surface area contributed by atoms with Gasteiger partial charge in [-0.15, -0.1) is 0 Å². The molecule has 0 atom stereocenters. The van der Waals surface area contributed by atoms with Gasteiger partial charge in [0.05, 0.1) is 18.2 Å². The van der Waals surface area contributed by atoms with Gasteiger partial charge in [0.2, 0.25) is 0 Å². The molecule has 0 saturated carbocycles. The molecule has 0 aliphatic heterocycles. The average molecular weight is 370 g/mol. The van der Waals surface area contributed by atoms with Crippen LogP contribution in [0.25, 0.3) is 0 Å². The van der Waals surface area contributed by atoms with Crippen molar-refractivity contribution < 1.29 is 9.47 Å². The lowest BCUT2D eigenvalue weighted by Gasteiger charge is -2.14. The van der Waals surface area contributed by atoms with Crippen LogP contribution in [0.3, 0.4) is 0 Å². The molecule has 1 N–H and O–H groups in total. The lowest BCUT2D eigenvalue weighted by Crippen LogP contribution is -2.12. The minimum atomic E-state index is 0.637. The monoisotopic (exact) mass is 369 g/mol. The highest BCUT2D eigenvalue weighted by atomic mass is 79.9. The largest absolute Gasteiger partial charge is 0.493 e. The van der Waals surface area contributed by atoms with E-state index >= 15 is 0 Å². The number of ether oxygens (including phenoxy) is 2. The second-order valence-corrected chi connectivity index (χ2v) is 6.25. The van der Waals surface area contributed by atoms with Crippen molar-refractivity contribution in [2.24, 2.45) is 0 Å². The van der Waals surface area contributed by atoms with Crippen molar-refractivity contribution in [2.45, 2.75) is 19.9 Å². The molecule has 5 heteroatoms. The second kappa shape index (κ2) is 8.41. The standard InChI is InChI=1S/C16H20BrNO2S/c1-3-18-10-13-8-14(17)16(15(9-13)19-2)20-6-4-12-5-7-21-11-12/h5,7-9,11,18H,3-4,6,10H2,1-2H3. The summed E-state index contributed by atoms with van der Waals surface area (Å²) in [7, 11) is 1.67. The van der Waals surface area contributed by atoms with Crippen molar-refractivity contribution in [3.63, 3.8) is 0 Å². The third-order valence-corrected chi connectivity index (χ3v) is 4.41. The van der Waals surface area contributed by atoms with E-state index in [9.17, 15) is 0 Å². The summed E-state index contributed by atoms with van der Waals surface area (Å²) in [5.41, 5.74) is 2.48. The topological polar surface area (TPSA) is 30.5 Å². The number of hydrogen-bond acceptors (Lipinski definition) is 4. The molecule has 0 saturated heterocycles. The first-order valence-electron chi connectivity index (χ1n) is 6.95. The van der Waals surface area contributed by atoms with Gasteiger partial charge in [-0.2, -0.15) is 11.3 Å². The minimum Gasteiger partial charge on any atom is -0.493 e. The number of halogens is 1. The van der Waals surface area contributed by atoms with Crippen LogP contribution in [0.5, 0.6) is 11.5 Å². The van der Waals surface area contributed by atoms with E-state index < -0.39 is 0 Å². The number of nitrogens with one attached hydrogen (secondary N) is 1. The van der Waals surface area contributed by atoms with Crippen LogP contribution < -0.4 is 14.8 Å². The maximum atomic E-state index is 5.90. The highest BCUT2D eigenvalue weighted by Crippen LogP contribution is 2.36. The smallest absolute Gasteiger partial charge is 0.175 e. The number of hydrogen-bond donors (Lipinski definition) is 1. The van der Waals surface area contributed by atoms with Crippen molar-refractivity contribution in [1.82, 2.24) is 5.32 Å². The Morgan fingerprint density at radius 3 is 2.81 bits per heavy atom. The summed E-state index contributed by atoms with van der Waals surface area (Å²) in [6.45, 7) is 4.49. The quantitative estimate of drug-likeness (QED) is 0.754. The molecule has 2 aromatic rings. The van der Waals surface area contributed by atoms with E-state index in [1.54, 1.807) is 18.4 Å². The van der Waals surface area contributed by atoms with Gasteiger partial charge in [0, 0.05) is 13.0 Å². The Hall–Kier alpha value is -1.04. The molecule has 0 unspecified atom stereocenters. The Labute approximate surface area is 138 Å². The zero-order chi connectivity index (χ0) is 15.1. The van der Waals surface area contributed by atoms with Gasteiger partial charge in [0.15, 0.2) is 11.5 Å². The van der Waals surface area contributed by atoms with Gasteiger partial charge in [-0.05, 0) is 62.6 Å². The second-order valence-electron chi connectivity index (χ2n) is 4.62. The molecule has 0 fully saturated rings. The predicted molar refractivity (Wildman–Crippen MR) is 91.6 cm³/mol. The van der Waals surface area contributed by atoms with Gasteiger partial charge in [-0.1, -0.05) is 6.92 Å². The third kappa shape index (κ3) is 4.73.